The molecule has 1 N–H and O–H groups in total. The van der Waals surface area contributed by atoms with Crippen LogP contribution in [0.15, 0.2) is 108 Å². The van der Waals surface area contributed by atoms with E-state index in [0.717, 1.165) is 38.8 Å². The minimum Gasteiger partial charge on any atom is -0.445 e. The number of rotatable bonds is 5. The van der Waals surface area contributed by atoms with E-state index in [9.17, 15) is 4.79 Å². The van der Waals surface area contributed by atoms with Crippen LogP contribution in [-0.2, 0) is 17.8 Å². The molecule has 2 heterocycles. The Hall–Kier alpha value is -3.54. The molecule has 4 aromatic rings. The summed E-state index contributed by atoms with van der Waals surface area (Å²) in [7, 11) is 0. The van der Waals surface area contributed by atoms with Gasteiger partial charge in [-0.3, -0.25) is 0 Å². The molecule has 0 bridgehead atoms. The topological polar surface area (TPSA) is 41.6 Å². The van der Waals surface area contributed by atoms with Crippen molar-refractivity contribution in [1.29, 1.82) is 0 Å². The molecule has 0 saturated heterocycles. The second-order valence-electron chi connectivity index (χ2n) is 9.59. The Morgan fingerprint density at radius 3 is 2.42 bits per heavy atom. The van der Waals surface area contributed by atoms with E-state index in [1.165, 1.54) is 11.3 Å². The molecule has 4 nitrogen and oxygen atoms in total. The smallest absolute Gasteiger partial charge is 0.407 e. The number of carbonyl (C=O) groups excluding carboxylic acids is 1. The highest BCUT2D eigenvalue weighted by molar-refractivity contribution is 9.10. The first-order chi connectivity index (χ1) is 18.6. The number of hydrogen-bond acceptors (Lipinski definition) is 3. The van der Waals surface area contributed by atoms with Crippen LogP contribution in [0.5, 0.6) is 0 Å². The van der Waals surface area contributed by atoms with Crippen molar-refractivity contribution in [3.8, 4) is 0 Å². The molecule has 38 heavy (non-hydrogen) atoms. The number of allylic oxidation sites excluding steroid dienone is 1. The van der Waals surface area contributed by atoms with E-state index in [1.807, 2.05) is 48.5 Å². The second-order valence-corrected chi connectivity index (χ2v) is 10.9. The molecule has 6 rings (SSSR count). The van der Waals surface area contributed by atoms with Gasteiger partial charge in [-0.1, -0.05) is 106 Å². The van der Waals surface area contributed by atoms with Gasteiger partial charge in [-0.2, -0.15) is 0 Å². The van der Waals surface area contributed by atoms with Crippen LogP contribution >= 0.6 is 27.5 Å². The highest BCUT2D eigenvalue weighted by Crippen LogP contribution is 2.52. The lowest BCUT2D eigenvalue weighted by Gasteiger charge is -2.46. The molecule has 2 aliphatic rings. The van der Waals surface area contributed by atoms with Gasteiger partial charge in [-0.05, 0) is 59.4 Å². The number of anilines is 1. The van der Waals surface area contributed by atoms with Crippen LogP contribution in [0, 0.1) is 0 Å². The van der Waals surface area contributed by atoms with Crippen LogP contribution < -0.4 is 10.2 Å². The fourth-order valence-corrected chi connectivity index (χ4v) is 5.99. The van der Waals surface area contributed by atoms with Gasteiger partial charge in [-0.25, -0.2) is 4.79 Å². The molecule has 0 aliphatic carbocycles. The summed E-state index contributed by atoms with van der Waals surface area (Å²) < 4.78 is 6.64. The van der Waals surface area contributed by atoms with Gasteiger partial charge in [-0.15, -0.1) is 0 Å². The Kier molecular flexibility index (Phi) is 6.96. The monoisotopic (exact) mass is 584 g/mol. The number of alkyl carbamates (subject to hydrolysis) is 1. The van der Waals surface area contributed by atoms with Gasteiger partial charge in [0.05, 0.1) is 17.8 Å². The lowest BCUT2D eigenvalue weighted by molar-refractivity contribution is 0.134. The molecule has 6 heteroatoms. The van der Waals surface area contributed by atoms with E-state index in [2.05, 4.69) is 80.8 Å². The molecular weight excluding hydrogens is 560 g/mol. The second kappa shape index (κ2) is 10.7. The normalized spacial score (nSPS) is 17.8. The molecular formula is C32H26BrClN2O2. The summed E-state index contributed by atoms with van der Waals surface area (Å²) in [5.41, 5.74) is 7.73. The Bertz CT molecular complexity index is 1490. The van der Waals surface area contributed by atoms with Gasteiger partial charge >= 0.3 is 6.09 Å². The number of ether oxygens (including phenoxy) is 1. The molecule has 0 aromatic heterocycles. The first-order valence-electron chi connectivity index (χ1n) is 12.7. The minimum atomic E-state index is -0.440. The van der Waals surface area contributed by atoms with Gasteiger partial charge < -0.3 is 15.0 Å². The van der Waals surface area contributed by atoms with E-state index >= 15 is 0 Å². The molecule has 2 atom stereocenters. The summed E-state index contributed by atoms with van der Waals surface area (Å²) in [6.07, 6.45) is 3.28. The third-order valence-corrected chi connectivity index (χ3v) is 7.92. The standard InChI is InChI=1S/C32H26BrClN2O2/c33-25-14-11-23(12-15-25)30-19-28(35-32(37)38-20-21-7-3-1-4-8-21)27-18-26(34)17-24-13-16-29(36(30)31(24)27)22-9-5-2-6-10-22/h1-12,14-18,28,30H,13,19-20H2,(H,35,37)/t28-,30-/m0/s1. The summed E-state index contributed by atoms with van der Waals surface area (Å²) in [5, 5.41) is 3.83. The van der Waals surface area contributed by atoms with Crippen molar-refractivity contribution in [3.63, 3.8) is 0 Å². The summed E-state index contributed by atoms with van der Waals surface area (Å²) in [5.74, 6) is 0. The predicted octanol–water partition coefficient (Wildman–Crippen LogP) is 8.62. The first kappa shape index (κ1) is 24.8. The quantitative estimate of drug-likeness (QED) is 0.255. The molecule has 0 spiro atoms. The molecule has 0 fully saturated rings. The maximum atomic E-state index is 13.0. The van der Waals surface area contributed by atoms with Gasteiger partial charge in [0.25, 0.3) is 0 Å². The van der Waals surface area contributed by atoms with E-state index in [0.29, 0.717) is 11.4 Å². The van der Waals surface area contributed by atoms with Crippen LogP contribution in [-0.4, -0.2) is 6.09 Å². The van der Waals surface area contributed by atoms with Crippen molar-refractivity contribution in [1.82, 2.24) is 5.32 Å². The maximum absolute atomic E-state index is 13.0. The zero-order valence-electron chi connectivity index (χ0n) is 20.6. The highest BCUT2D eigenvalue weighted by atomic mass is 79.9. The number of nitrogens with one attached hydrogen (secondary N) is 1. The third-order valence-electron chi connectivity index (χ3n) is 7.17. The molecule has 0 unspecified atom stereocenters. The Balaban J connectivity index is 1.39. The molecule has 4 aromatic carbocycles. The Morgan fingerprint density at radius 1 is 0.974 bits per heavy atom. The van der Waals surface area contributed by atoms with Crippen LogP contribution in [0.1, 0.15) is 46.3 Å². The lowest BCUT2D eigenvalue weighted by Crippen LogP contribution is -2.41. The van der Waals surface area contributed by atoms with E-state index in [1.54, 1.807) is 0 Å². The lowest BCUT2D eigenvalue weighted by atomic mass is 9.82. The number of nitrogens with zero attached hydrogens (tertiary/aromatic N) is 1. The number of hydrogen-bond donors (Lipinski definition) is 1. The number of halogens is 2. The van der Waals surface area contributed by atoms with Crippen LogP contribution in [0.2, 0.25) is 5.02 Å². The average molecular weight is 586 g/mol. The summed E-state index contributed by atoms with van der Waals surface area (Å²) >= 11 is 10.2. The van der Waals surface area contributed by atoms with E-state index in [4.69, 9.17) is 16.3 Å². The van der Waals surface area contributed by atoms with Crippen LogP contribution in [0.4, 0.5) is 10.5 Å². The van der Waals surface area contributed by atoms with Crippen molar-refractivity contribution in [3.05, 3.63) is 140 Å². The summed E-state index contributed by atoms with van der Waals surface area (Å²) in [6, 6.07) is 32.4. The Morgan fingerprint density at radius 2 is 1.68 bits per heavy atom. The fourth-order valence-electron chi connectivity index (χ4n) is 5.48. The minimum absolute atomic E-state index is 0.00158. The number of amides is 1. The maximum Gasteiger partial charge on any atom is 0.407 e. The molecule has 1 amide bonds. The average Bonchev–Trinajstić information content (AvgIpc) is 2.94. The van der Waals surface area contributed by atoms with Gasteiger partial charge in [0.1, 0.15) is 6.61 Å². The molecule has 0 saturated carbocycles. The molecule has 190 valence electrons. The van der Waals surface area contributed by atoms with Crippen molar-refractivity contribution >= 4 is 45.0 Å². The first-order valence-corrected chi connectivity index (χ1v) is 13.8. The zero-order valence-corrected chi connectivity index (χ0v) is 23.0. The van der Waals surface area contributed by atoms with Crippen molar-refractivity contribution in [2.75, 3.05) is 4.90 Å². The van der Waals surface area contributed by atoms with Crippen LogP contribution in [0.3, 0.4) is 0 Å². The Labute approximate surface area is 236 Å². The largest absolute Gasteiger partial charge is 0.445 e. The molecule has 2 aliphatic heterocycles. The third kappa shape index (κ3) is 4.96. The molecule has 0 radical (unpaired) electrons. The van der Waals surface area contributed by atoms with Crippen molar-refractivity contribution < 1.29 is 9.53 Å². The van der Waals surface area contributed by atoms with Gasteiger partial charge in [0, 0.05) is 20.8 Å². The van der Waals surface area contributed by atoms with Gasteiger partial charge in [0.15, 0.2) is 0 Å². The zero-order chi connectivity index (χ0) is 26.1. The highest BCUT2D eigenvalue weighted by Gasteiger charge is 2.39. The number of carbonyl (C=O) groups is 1. The fraction of sp³-hybridized carbons (Fsp3) is 0.156. The van der Waals surface area contributed by atoms with Crippen molar-refractivity contribution in [2.24, 2.45) is 0 Å². The van der Waals surface area contributed by atoms with Gasteiger partial charge in [0.2, 0.25) is 0 Å². The van der Waals surface area contributed by atoms with Crippen LogP contribution in [0.25, 0.3) is 5.70 Å². The summed E-state index contributed by atoms with van der Waals surface area (Å²) in [4.78, 5) is 15.4. The summed E-state index contributed by atoms with van der Waals surface area (Å²) in [6.45, 7) is 0.218. The number of benzene rings is 4. The van der Waals surface area contributed by atoms with Crippen molar-refractivity contribution in [2.45, 2.75) is 31.5 Å². The van der Waals surface area contributed by atoms with E-state index < -0.39 is 6.09 Å². The SMILES string of the molecule is O=C(N[C@H]1C[C@@H](c2ccc(Br)cc2)N2C(c3ccccc3)=CCc3cc(Cl)cc1c32)OCc1ccccc1. The predicted molar refractivity (Wildman–Crippen MR) is 156 cm³/mol. The van der Waals surface area contributed by atoms with E-state index in [-0.39, 0.29) is 18.7 Å².